The minimum absolute atomic E-state index is 0.0499. The van der Waals surface area contributed by atoms with E-state index in [-0.39, 0.29) is 57.1 Å². The molecule has 88 heavy (non-hydrogen) atoms. The van der Waals surface area contributed by atoms with Crippen molar-refractivity contribution in [1.82, 2.24) is 36.4 Å². The van der Waals surface area contributed by atoms with Crippen molar-refractivity contribution in [2.45, 2.75) is 157 Å². The smallest absolute Gasteiger partial charge is 0.407 e. The second kappa shape index (κ2) is 40.3. The van der Waals surface area contributed by atoms with Crippen LogP contribution in [0, 0.1) is 17.8 Å². The van der Waals surface area contributed by atoms with Crippen LogP contribution in [0.2, 0.25) is 0 Å². The van der Waals surface area contributed by atoms with Crippen molar-refractivity contribution in [3.63, 3.8) is 0 Å². The van der Waals surface area contributed by atoms with E-state index >= 15 is 0 Å². The molecule has 0 aliphatic carbocycles. The third-order valence-corrected chi connectivity index (χ3v) is 14.9. The van der Waals surface area contributed by atoms with Gasteiger partial charge in [-0.15, -0.1) is 0 Å². The number of alkyl carbamates (subject to hydrolysis) is 2. The molecule has 1 aliphatic heterocycles. The summed E-state index contributed by atoms with van der Waals surface area (Å²) >= 11 is 5.57. The number of esters is 2. The Bertz CT molecular complexity index is 2610. The molecule has 0 spiro atoms. The van der Waals surface area contributed by atoms with E-state index < -0.39 is 115 Å². The monoisotopic (exact) mass is 1250 g/mol. The number of nitrogens with one attached hydrogen (secondary N) is 6. The molecular formula is C63H95ClN8O16. The van der Waals surface area contributed by atoms with Crippen LogP contribution in [0.4, 0.5) is 15.3 Å². The highest BCUT2D eigenvalue weighted by molar-refractivity contribution is 6.23. The molecule has 1 heterocycles. The van der Waals surface area contributed by atoms with Gasteiger partial charge in [0.1, 0.15) is 43.0 Å². The Labute approximate surface area is 523 Å². The lowest BCUT2D eigenvalue weighted by Crippen LogP contribution is -2.57. The van der Waals surface area contributed by atoms with Crippen molar-refractivity contribution < 1.29 is 76.3 Å². The average Bonchev–Trinajstić information content (AvgIpc) is 3.71. The summed E-state index contributed by atoms with van der Waals surface area (Å²) < 4.78 is 40.0. The summed E-state index contributed by atoms with van der Waals surface area (Å²) in [6.07, 6.45) is -0.0553. The summed E-state index contributed by atoms with van der Waals surface area (Å²) in [5.41, 5.74) is 2.91. The van der Waals surface area contributed by atoms with Crippen molar-refractivity contribution in [2.24, 2.45) is 17.8 Å². The van der Waals surface area contributed by atoms with Crippen LogP contribution in [0.25, 0.3) is 0 Å². The van der Waals surface area contributed by atoms with Gasteiger partial charge in [-0.1, -0.05) is 95.7 Å². The Hall–Kier alpha value is -7.28. The standard InChI is InChI=1S/C63H95ClN8O16/c1-13-41(5)54-57(75)68-46(10)61(79)88-55(42(6)14-2)44(8)51(87-63(81)66-29-19-31-83-33-35-84-34-32-82-30-18-28-65-62(80)85-39-48-23-25-49(70-64)26-24-48)27-22-43(7)60(78)86-52(36-40(3)4)56(74)67-45(9)58(76)72(12)50(37-47-20-16-15-17-21-47)59(77)71(11)38-53(73)69-54/h14-17,20-26,40-41,44-46,50-52,54-55,70H,13,18-19,27-39H2,1-12H3,(H,65,80)(H,66,81)(H,67,74)(H,68,75)(H,69,73)/b42-14+,43-22+/t41?,44-,45-,46+,50+,51-,52+,54-,55+/m0/s1. The van der Waals surface area contributed by atoms with Gasteiger partial charge < -0.3 is 69.5 Å². The van der Waals surface area contributed by atoms with Crippen LogP contribution >= 0.6 is 11.8 Å². The molecule has 0 radical (unpaired) electrons. The van der Waals surface area contributed by atoms with E-state index in [1.54, 1.807) is 88.4 Å². The van der Waals surface area contributed by atoms with Crippen LogP contribution in [0.15, 0.2) is 77.9 Å². The summed E-state index contributed by atoms with van der Waals surface area (Å²) in [6.45, 7) is 18.9. The Balaban J connectivity index is 1.73. The maximum atomic E-state index is 14.3. The number of likely N-dealkylation sites (N-methyl/N-ethyl adjacent to an activating group) is 2. The van der Waals surface area contributed by atoms with Gasteiger partial charge in [-0.2, -0.15) is 0 Å². The number of carbonyl (C=O) groups is 9. The van der Waals surface area contributed by atoms with Crippen LogP contribution in [0.5, 0.6) is 0 Å². The second-order valence-electron chi connectivity index (χ2n) is 22.3. The van der Waals surface area contributed by atoms with Crippen LogP contribution in [-0.2, 0) is 79.7 Å². The van der Waals surface area contributed by atoms with E-state index in [1.165, 1.54) is 45.8 Å². The number of rotatable bonds is 25. The maximum Gasteiger partial charge on any atom is 0.407 e. The minimum atomic E-state index is -1.35. The number of anilines is 1. The fourth-order valence-electron chi connectivity index (χ4n) is 9.01. The Morgan fingerprint density at radius 3 is 1.93 bits per heavy atom. The summed E-state index contributed by atoms with van der Waals surface area (Å²) in [7, 11) is 2.83. The van der Waals surface area contributed by atoms with Gasteiger partial charge in [0.05, 0.1) is 33.0 Å². The molecule has 9 atom stereocenters. The van der Waals surface area contributed by atoms with Gasteiger partial charge >= 0.3 is 24.1 Å². The molecule has 0 saturated heterocycles. The van der Waals surface area contributed by atoms with Crippen LogP contribution in [0.3, 0.4) is 0 Å². The Morgan fingerprint density at radius 1 is 0.761 bits per heavy atom. The number of carbonyl (C=O) groups excluding carboxylic acids is 9. The van der Waals surface area contributed by atoms with E-state index in [2.05, 4.69) is 31.4 Å². The molecule has 2 aromatic carbocycles. The van der Waals surface area contributed by atoms with Gasteiger partial charge in [0, 0.05) is 82.2 Å². The second-order valence-corrected chi connectivity index (χ2v) is 22.5. The van der Waals surface area contributed by atoms with Gasteiger partial charge in [-0.05, 0) is 94.5 Å². The molecule has 0 bridgehead atoms. The lowest BCUT2D eigenvalue weighted by atomic mass is 9.90. The number of halogens is 1. The summed E-state index contributed by atoms with van der Waals surface area (Å²) in [5.74, 6) is -6.40. The zero-order chi connectivity index (χ0) is 65.3. The number of hydrogen-bond acceptors (Lipinski definition) is 17. The van der Waals surface area contributed by atoms with Gasteiger partial charge in [-0.3, -0.25) is 28.8 Å². The van der Waals surface area contributed by atoms with Crippen molar-refractivity contribution >= 4 is 71.1 Å². The largest absolute Gasteiger partial charge is 0.456 e. The first kappa shape index (κ1) is 75.0. The fourth-order valence-corrected chi connectivity index (χ4v) is 9.13. The molecule has 0 saturated carbocycles. The molecule has 24 nitrogen and oxygen atoms in total. The number of ether oxygens (including phenoxy) is 7. The number of hydrogen-bond donors (Lipinski definition) is 6. The van der Waals surface area contributed by atoms with Crippen LogP contribution in [-0.4, -0.2) is 179 Å². The minimum Gasteiger partial charge on any atom is -0.456 e. The molecule has 2 aromatic rings. The van der Waals surface area contributed by atoms with E-state index in [0.717, 1.165) is 16.2 Å². The van der Waals surface area contributed by atoms with Crippen molar-refractivity contribution in [3.8, 4) is 0 Å². The fraction of sp³-hybridized carbons (Fsp3) is 0.603. The first-order valence-corrected chi connectivity index (χ1v) is 30.5. The van der Waals surface area contributed by atoms with Gasteiger partial charge in [0.2, 0.25) is 23.6 Å². The Kier molecular flexibility index (Phi) is 34.3. The molecule has 1 aliphatic rings. The summed E-state index contributed by atoms with van der Waals surface area (Å²) in [6, 6.07) is 11.3. The lowest BCUT2D eigenvalue weighted by Gasteiger charge is -2.33. The predicted octanol–water partition coefficient (Wildman–Crippen LogP) is 6.29. The molecule has 3 rings (SSSR count). The van der Waals surface area contributed by atoms with Crippen molar-refractivity contribution in [3.05, 3.63) is 89.0 Å². The molecule has 0 aromatic heterocycles. The molecule has 1 unspecified atom stereocenters. The van der Waals surface area contributed by atoms with E-state index in [9.17, 15) is 43.2 Å². The van der Waals surface area contributed by atoms with E-state index in [1.807, 2.05) is 20.8 Å². The highest BCUT2D eigenvalue weighted by Crippen LogP contribution is 2.26. The highest BCUT2D eigenvalue weighted by atomic mass is 35.5. The molecule has 25 heteroatoms. The zero-order valence-electron chi connectivity index (χ0n) is 53.2. The topological polar surface area (TPSA) is 297 Å². The summed E-state index contributed by atoms with van der Waals surface area (Å²) in [5, 5.41) is 13.5. The quantitative estimate of drug-likeness (QED) is 0.0209. The molecule has 6 N–H and O–H groups in total. The predicted molar refractivity (Wildman–Crippen MR) is 331 cm³/mol. The average molecular weight is 1260 g/mol. The number of benzene rings is 2. The number of nitrogens with zero attached hydrogens (tertiary/aromatic N) is 2. The third-order valence-electron chi connectivity index (χ3n) is 14.7. The first-order valence-electron chi connectivity index (χ1n) is 30.1. The maximum absolute atomic E-state index is 14.3. The van der Waals surface area contributed by atoms with Crippen molar-refractivity contribution in [1.29, 1.82) is 0 Å². The number of amides is 7. The third kappa shape index (κ3) is 27.0. The van der Waals surface area contributed by atoms with E-state index in [4.69, 9.17) is 44.9 Å². The first-order chi connectivity index (χ1) is 41.9. The normalized spacial score (nSPS) is 22.9. The van der Waals surface area contributed by atoms with Gasteiger partial charge in [0.15, 0.2) is 6.10 Å². The van der Waals surface area contributed by atoms with Crippen molar-refractivity contribution in [2.75, 3.05) is 78.2 Å². The molecule has 490 valence electrons. The summed E-state index contributed by atoms with van der Waals surface area (Å²) in [4.78, 5) is 129. The zero-order valence-corrected chi connectivity index (χ0v) is 54.0. The molecule has 7 amide bonds. The number of cyclic esters (lactones) is 2. The Morgan fingerprint density at radius 2 is 1.35 bits per heavy atom. The van der Waals surface area contributed by atoms with Crippen LogP contribution in [0.1, 0.15) is 112 Å². The molecular weight excluding hydrogens is 1160 g/mol. The van der Waals surface area contributed by atoms with E-state index in [0.29, 0.717) is 63.4 Å². The lowest BCUT2D eigenvalue weighted by molar-refractivity contribution is -0.155. The van der Waals surface area contributed by atoms with Gasteiger partial charge in [0.25, 0.3) is 5.91 Å². The number of allylic oxidation sites excluding steroid dienone is 1. The SMILES string of the molecule is C/C=C(\C)[C@H]1OC(=O)[C@@H](C)NC(=O)[C@H](C(C)CC)NC(=O)CN(C)C(=O)[C@@H](Cc2ccccc2)N(C)C(=O)[C@H](C)NC(=O)[C@@H](CC(C)C)OC(=O)/C(C)=C/C[C@H](OC(=O)NCCCOCCOCCOCCCNC(=O)OCc2ccc(NCl)cc2)[C@@H]1C. The van der Waals surface area contributed by atoms with Crippen LogP contribution < -0.4 is 31.4 Å². The highest BCUT2D eigenvalue weighted by Gasteiger charge is 2.38. The van der Waals surface area contributed by atoms with Gasteiger partial charge in [-0.25, -0.2) is 19.2 Å². The molecule has 0 fully saturated rings.